The van der Waals surface area contributed by atoms with E-state index in [4.69, 9.17) is 0 Å². The predicted molar refractivity (Wildman–Crippen MR) is 83.2 cm³/mol. The van der Waals surface area contributed by atoms with Crippen molar-refractivity contribution in [2.24, 2.45) is 0 Å². The fraction of sp³-hybridized carbons (Fsp3) is 0.125. The second-order valence-corrected chi connectivity index (χ2v) is 5.39. The van der Waals surface area contributed by atoms with E-state index in [1.807, 2.05) is 30.3 Å². The number of amides is 1. The first-order valence-corrected chi connectivity index (χ1v) is 7.19. The molecule has 4 nitrogen and oxygen atoms in total. The summed E-state index contributed by atoms with van der Waals surface area (Å²) in [5.41, 5.74) is 1.27. The van der Waals surface area contributed by atoms with E-state index >= 15 is 0 Å². The van der Waals surface area contributed by atoms with Gasteiger partial charge in [0.2, 0.25) is 0 Å². The van der Waals surface area contributed by atoms with E-state index in [0.29, 0.717) is 10.0 Å². The molecule has 2 rings (SSSR count). The molecule has 0 aromatic heterocycles. The maximum atomic E-state index is 12.2. The van der Waals surface area contributed by atoms with Crippen molar-refractivity contribution in [3.8, 4) is 0 Å². The van der Waals surface area contributed by atoms with Gasteiger partial charge in [0.05, 0.1) is 5.56 Å². The minimum absolute atomic E-state index is 0.242. The summed E-state index contributed by atoms with van der Waals surface area (Å²) in [7, 11) is 0. The van der Waals surface area contributed by atoms with Gasteiger partial charge in [-0.25, -0.2) is 4.79 Å². The summed E-state index contributed by atoms with van der Waals surface area (Å²) in [6, 6.07) is 15.1. The molecular formula is C16H14BrNO3. The minimum Gasteiger partial charge on any atom is -0.480 e. The lowest BCUT2D eigenvalue weighted by molar-refractivity contribution is -0.139. The van der Waals surface area contributed by atoms with Crippen LogP contribution in [0.1, 0.15) is 15.9 Å². The Morgan fingerprint density at radius 1 is 1.05 bits per heavy atom. The van der Waals surface area contributed by atoms with E-state index in [1.165, 1.54) is 0 Å². The maximum absolute atomic E-state index is 12.2. The normalized spacial score (nSPS) is 11.7. The van der Waals surface area contributed by atoms with E-state index in [-0.39, 0.29) is 6.42 Å². The standard InChI is InChI=1S/C16H14BrNO3/c17-13-9-5-4-8-12(13)15(19)18-14(16(20)21)10-11-6-2-1-3-7-11/h1-9,14H,10H2,(H,18,19)(H,20,21)/t14-/m0/s1. The molecule has 0 aliphatic rings. The fourth-order valence-corrected chi connectivity index (χ4v) is 2.40. The Morgan fingerprint density at radius 3 is 2.29 bits per heavy atom. The number of carbonyl (C=O) groups excluding carboxylic acids is 1. The molecule has 0 spiro atoms. The van der Waals surface area contributed by atoms with E-state index in [0.717, 1.165) is 5.56 Å². The molecule has 0 radical (unpaired) electrons. The van der Waals surface area contributed by atoms with Crippen molar-refractivity contribution in [1.29, 1.82) is 0 Å². The van der Waals surface area contributed by atoms with Crippen LogP contribution in [0.5, 0.6) is 0 Å². The molecular weight excluding hydrogens is 334 g/mol. The van der Waals surface area contributed by atoms with Crippen molar-refractivity contribution in [3.05, 3.63) is 70.2 Å². The van der Waals surface area contributed by atoms with Gasteiger partial charge in [-0.3, -0.25) is 4.79 Å². The highest BCUT2D eigenvalue weighted by Gasteiger charge is 2.21. The van der Waals surface area contributed by atoms with Crippen LogP contribution in [0, 0.1) is 0 Å². The van der Waals surface area contributed by atoms with Gasteiger partial charge >= 0.3 is 5.97 Å². The zero-order valence-electron chi connectivity index (χ0n) is 11.1. The summed E-state index contributed by atoms with van der Waals surface area (Å²) >= 11 is 3.28. The molecule has 1 atom stereocenters. The van der Waals surface area contributed by atoms with Gasteiger partial charge in [0.15, 0.2) is 0 Å². The number of hydrogen-bond donors (Lipinski definition) is 2. The first-order valence-electron chi connectivity index (χ1n) is 6.40. The number of benzene rings is 2. The van der Waals surface area contributed by atoms with Gasteiger partial charge in [0, 0.05) is 10.9 Å². The van der Waals surface area contributed by atoms with Crippen molar-refractivity contribution < 1.29 is 14.7 Å². The van der Waals surface area contributed by atoms with Crippen LogP contribution in [0.4, 0.5) is 0 Å². The third kappa shape index (κ3) is 4.16. The van der Waals surface area contributed by atoms with Gasteiger partial charge in [-0.2, -0.15) is 0 Å². The largest absolute Gasteiger partial charge is 0.480 e. The second kappa shape index (κ2) is 7.04. The van der Waals surface area contributed by atoms with E-state index in [1.54, 1.807) is 24.3 Å². The maximum Gasteiger partial charge on any atom is 0.326 e. The zero-order chi connectivity index (χ0) is 15.2. The van der Waals surface area contributed by atoms with Gasteiger partial charge in [-0.15, -0.1) is 0 Å². The number of rotatable bonds is 5. The Balaban J connectivity index is 2.12. The third-order valence-electron chi connectivity index (χ3n) is 3.00. The number of carbonyl (C=O) groups is 2. The summed E-state index contributed by atoms with van der Waals surface area (Å²) in [5, 5.41) is 11.8. The van der Waals surface area contributed by atoms with Crippen LogP contribution in [0.15, 0.2) is 59.1 Å². The van der Waals surface area contributed by atoms with Gasteiger partial charge in [-0.1, -0.05) is 42.5 Å². The van der Waals surface area contributed by atoms with Crippen molar-refractivity contribution in [2.75, 3.05) is 0 Å². The molecule has 2 aromatic carbocycles. The number of halogens is 1. The lowest BCUT2D eigenvalue weighted by Crippen LogP contribution is -2.42. The highest BCUT2D eigenvalue weighted by molar-refractivity contribution is 9.10. The van der Waals surface area contributed by atoms with E-state index < -0.39 is 17.9 Å². The van der Waals surface area contributed by atoms with Crippen LogP contribution >= 0.6 is 15.9 Å². The van der Waals surface area contributed by atoms with Crippen molar-refractivity contribution >= 4 is 27.8 Å². The van der Waals surface area contributed by atoms with Crippen LogP contribution < -0.4 is 5.32 Å². The quantitative estimate of drug-likeness (QED) is 0.873. The Kier molecular flexibility index (Phi) is 5.11. The molecule has 0 unspecified atom stereocenters. The Hall–Kier alpha value is -2.14. The van der Waals surface area contributed by atoms with Crippen LogP contribution in [0.2, 0.25) is 0 Å². The third-order valence-corrected chi connectivity index (χ3v) is 3.70. The highest BCUT2D eigenvalue weighted by Crippen LogP contribution is 2.16. The minimum atomic E-state index is -1.06. The van der Waals surface area contributed by atoms with Gasteiger partial charge in [0.25, 0.3) is 5.91 Å². The summed E-state index contributed by atoms with van der Waals surface area (Å²) in [6.45, 7) is 0. The van der Waals surface area contributed by atoms with Crippen molar-refractivity contribution in [2.45, 2.75) is 12.5 Å². The molecule has 0 bridgehead atoms. The first-order chi connectivity index (χ1) is 10.1. The number of carboxylic acid groups (broad SMARTS) is 1. The molecule has 0 aliphatic carbocycles. The summed E-state index contributed by atoms with van der Waals surface area (Å²) in [6.07, 6.45) is 0.242. The summed E-state index contributed by atoms with van der Waals surface area (Å²) < 4.78 is 0.631. The van der Waals surface area contributed by atoms with E-state index in [2.05, 4.69) is 21.2 Å². The van der Waals surface area contributed by atoms with Gasteiger partial charge < -0.3 is 10.4 Å². The van der Waals surface area contributed by atoms with Crippen LogP contribution in [-0.2, 0) is 11.2 Å². The molecule has 0 heterocycles. The summed E-state index contributed by atoms with van der Waals surface area (Å²) in [4.78, 5) is 23.5. The second-order valence-electron chi connectivity index (χ2n) is 4.53. The van der Waals surface area contributed by atoms with Gasteiger partial charge in [-0.05, 0) is 33.6 Å². The summed E-state index contributed by atoms with van der Waals surface area (Å²) in [5.74, 6) is -1.47. The molecule has 0 fully saturated rings. The lowest BCUT2D eigenvalue weighted by Gasteiger charge is -2.15. The van der Waals surface area contributed by atoms with Crippen LogP contribution in [-0.4, -0.2) is 23.0 Å². The fourth-order valence-electron chi connectivity index (χ4n) is 1.93. The average Bonchev–Trinajstić information content (AvgIpc) is 2.48. The molecule has 2 N–H and O–H groups in total. The Bertz CT molecular complexity index is 643. The Labute approximate surface area is 130 Å². The number of hydrogen-bond acceptors (Lipinski definition) is 2. The van der Waals surface area contributed by atoms with Crippen LogP contribution in [0.3, 0.4) is 0 Å². The molecule has 0 saturated carbocycles. The average molecular weight is 348 g/mol. The van der Waals surface area contributed by atoms with Crippen molar-refractivity contribution in [3.63, 3.8) is 0 Å². The molecule has 0 saturated heterocycles. The molecule has 2 aromatic rings. The highest BCUT2D eigenvalue weighted by atomic mass is 79.9. The topological polar surface area (TPSA) is 66.4 Å². The molecule has 108 valence electrons. The lowest BCUT2D eigenvalue weighted by atomic mass is 10.1. The zero-order valence-corrected chi connectivity index (χ0v) is 12.7. The number of carboxylic acids is 1. The SMILES string of the molecule is O=C(N[C@@H](Cc1ccccc1)C(=O)O)c1ccccc1Br. The number of nitrogens with one attached hydrogen (secondary N) is 1. The Morgan fingerprint density at radius 2 is 1.67 bits per heavy atom. The van der Waals surface area contributed by atoms with E-state index in [9.17, 15) is 14.7 Å². The van der Waals surface area contributed by atoms with Gasteiger partial charge in [0.1, 0.15) is 6.04 Å². The predicted octanol–water partition coefficient (Wildman–Crippen LogP) is 2.87. The molecule has 0 aliphatic heterocycles. The molecule has 5 heteroatoms. The smallest absolute Gasteiger partial charge is 0.326 e. The van der Waals surface area contributed by atoms with Crippen molar-refractivity contribution in [1.82, 2.24) is 5.32 Å². The molecule has 1 amide bonds. The number of aliphatic carboxylic acids is 1. The monoisotopic (exact) mass is 347 g/mol. The molecule has 21 heavy (non-hydrogen) atoms. The van der Waals surface area contributed by atoms with Crippen LogP contribution in [0.25, 0.3) is 0 Å². The first kappa shape index (κ1) is 15.3.